The summed E-state index contributed by atoms with van der Waals surface area (Å²) in [4.78, 5) is 13.2. The van der Waals surface area contributed by atoms with Crippen molar-refractivity contribution in [3.63, 3.8) is 0 Å². The first-order valence-corrected chi connectivity index (χ1v) is 11.6. The van der Waals surface area contributed by atoms with E-state index in [4.69, 9.17) is 4.98 Å². The molecule has 0 amide bonds. The van der Waals surface area contributed by atoms with E-state index in [-0.39, 0.29) is 34.4 Å². The van der Waals surface area contributed by atoms with Crippen LogP contribution in [0.15, 0.2) is 42.9 Å². The third kappa shape index (κ3) is 2.99. The highest BCUT2D eigenvalue weighted by Crippen LogP contribution is 2.69. The highest BCUT2D eigenvalue weighted by atomic mass is 19.1. The van der Waals surface area contributed by atoms with Crippen molar-refractivity contribution < 1.29 is 19.0 Å². The Labute approximate surface area is 204 Å². The maximum atomic E-state index is 14.5. The number of nitrogens with zero attached hydrogens (tertiary/aromatic N) is 7. The predicted octanol–water partition coefficient (Wildman–Crippen LogP) is 3.02. The molecule has 36 heavy (non-hydrogen) atoms. The summed E-state index contributed by atoms with van der Waals surface area (Å²) < 4.78 is 30.3. The number of halogens is 2. The maximum Gasteiger partial charge on any atom is 0.252 e. The van der Waals surface area contributed by atoms with Gasteiger partial charge in [-0.05, 0) is 54.0 Å². The van der Waals surface area contributed by atoms with E-state index in [1.165, 1.54) is 29.2 Å². The molecule has 1 saturated carbocycles. The third-order valence-electron chi connectivity index (χ3n) is 7.87. The summed E-state index contributed by atoms with van der Waals surface area (Å²) in [6, 6.07) is 7.35. The number of aliphatic hydroxyl groups is 2. The lowest BCUT2D eigenvalue weighted by Gasteiger charge is -2.37. The monoisotopic (exact) mass is 491 g/mol. The van der Waals surface area contributed by atoms with Gasteiger partial charge in [-0.3, -0.25) is 0 Å². The average Bonchev–Trinajstić information content (AvgIpc) is 3.52. The number of hydrogen-bond acceptors (Lipinski definition) is 8. The van der Waals surface area contributed by atoms with Crippen molar-refractivity contribution in [1.82, 2.24) is 34.9 Å². The smallest absolute Gasteiger partial charge is 0.252 e. The van der Waals surface area contributed by atoms with Crippen LogP contribution in [0.3, 0.4) is 0 Å². The van der Waals surface area contributed by atoms with Gasteiger partial charge in [0, 0.05) is 6.20 Å². The quantitative estimate of drug-likeness (QED) is 0.437. The normalized spacial score (nSPS) is 22.6. The summed E-state index contributed by atoms with van der Waals surface area (Å²) in [7, 11) is 0. The summed E-state index contributed by atoms with van der Waals surface area (Å²) in [5.74, 6) is -0.930. The van der Waals surface area contributed by atoms with Crippen LogP contribution in [-0.2, 0) is 5.41 Å². The van der Waals surface area contributed by atoms with Gasteiger partial charge in [-0.15, -0.1) is 10.2 Å². The van der Waals surface area contributed by atoms with Gasteiger partial charge in [0.2, 0.25) is 0 Å². The highest BCUT2D eigenvalue weighted by molar-refractivity contribution is 5.64. The van der Waals surface area contributed by atoms with Crippen molar-refractivity contribution in [1.29, 1.82) is 0 Å². The average molecular weight is 492 g/mol. The molecule has 11 heteroatoms. The topological polar surface area (TPSA) is 123 Å². The van der Waals surface area contributed by atoms with Gasteiger partial charge < -0.3 is 10.2 Å². The Morgan fingerprint density at radius 3 is 2.67 bits per heavy atom. The van der Waals surface area contributed by atoms with E-state index >= 15 is 0 Å². The lowest BCUT2D eigenvalue weighted by molar-refractivity contribution is 0.0886. The second-order valence-electron chi connectivity index (χ2n) is 9.84. The molecule has 0 saturated heterocycles. The Hall–Kier alpha value is -3.70. The number of rotatable bonds is 5. The van der Waals surface area contributed by atoms with Crippen LogP contribution in [0, 0.1) is 17.0 Å². The molecule has 3 atom stereocenters. The van der Waals surface area contributed by atoms with Gasteiger partial charge in [-0.2, -0.15) is 9.78 Å². The van der Waals surface area contributed by atoms with E-state index < -0.39 is 29.8 Å². The minimum atomic E-state index is -1.20. The molecule has 6 rings (SSSR count). The molecule has 4 aromatic rings. The minimum absolute atomic E-state index is 0.0657. The van der Waals surface area contributed by atoms with Crippen molar-refractivity contribution in [3.8, 4) is 17.2 Å². The van der Waals surface area contributed by atoms with Gasteiger partial charge in [0.15, 0.2) is 5.82 Å². The molecule has 0 aliphatic heterocycles. The SMILES string of the molecule is CC1(C)[C@H]2CC[C@@]1(c1ccnc(-n3cnc([C@H](O)CO)n3)n1)c1nnc(-c3c(F)cccc3F)cc12. The molecule has 184 valence electrons. The molecule has 1 aromatic carbocycles. The van der Waals surface area contributed by atoms with E-state index in [1.807, 2.05) is 6.07 Å². The molecule has 0 radical (unpaired) electrons. The summed E-state index contributed by atoms with van der Waals surface area (Å²) in [6.45, 7) is 3.81. The van der Waals surface area contributed by atoms with Gasteiger partial charge in [0.1, 0.15) is 24.1 Å². The zero-order valence-electron chi connectivity index (χ0n) is 19.6. The molecule has 3 heterocycles. The van der Waals surface area contributed by atoms with Crippen LogP contribution in [0.2, 0.25) is 0 Å². The standard InChI is InChI=1S/C25H23F2N7O2/c1-24(2)14-6-8-25(24,19-7-9-28-23(30-19)34-12-29-22(33-34)18(36)11-35)21-13(14)10-17(31-32-21)20-15(26)4-3-5-16(20)27/h3-5,7,9-10,12,14,18,35-36H,6,8,11H2,1-2H3/t14-,18+,25+/m0/s1. The van der Waals surface area contributed by atoms with Crippen LogP contribution >= 0.6 is 0 Å². The maximum absolute atomic E-state index is 14.5. The van der Waals surface area contributed by atoms with Gasteiger partial charge in [-0.25, -0.2) is 23.7 Å². The van der Waals surface area contributed by atoms with Crippen LogP contribution in [0.5, 0.6) is 0 Å². The van der Waals surface area contributed by atoms with Crippen molar-refractivity contribution in [3.05, 3.63) is 77.3 Å². The molecule has 9 nitrogen and oxygen atoms in total. The van der Waals surface area contributed by atoms with Gasteiger partial charge in [-0.1, -0.05) is 19.9 Å². The van der Waals surface area contributed by atoms with Crippen molar-refractivity contribution in [2.45, 2.75) is 44.1 Å². The molecule has 2 aliphatic carbocycles. The number of fused-ring (bicyclic) bond motifs is 5. The fourth-order valence-electron chi connectivity index (χ4n) is 6.06. The van der Waals surface area contributed by atoms with Gasteiger partial charge in [0.05, 0.1) is 34.7 Å². The molecule has 3 aromatic heterocycles. The third-order valence-corrected chi connectivity index (χ3v) is 7.87. The van der Waals surface area contributed by atoms with Crippen molar-refractivity contribution in [2.24, 2.45) is 5.41 Å². The number of hydrogen-bond donors (Lipinski definition) is 2. The first kappa shape index (κ1) is 22.7. The molecule has 2 N–H and O–H groups in total. The zero-order chi connectivity index (χ0) is 25.2. The largest absolute Gasteiger partial charge is 0.393 e. The van der Waals surface area contributed by atoms with Crippen LogP contribution in [0.25, 0.3) is 17.2 Å². The predicted molar refractivity (Wildman–Crippen MR) is 123 cm³/mol. The van der Waals surface area contributed by atoms with Crippen molar-refractivity contribution >= 4 is 0 Å². The zero-order valence-corrected chi connectivity index (χ0v) is 19.6. The van der Waals surface area contributed by atoms with E-state index in [0.29, 0.717) is 0 Å². The lowest BCUT2D eigenvalue weighted by atomic mass is 9.66. The summed E-state index contributed by atoms with van der Waals surface area (Å²) >= 11 is 0. The summed E-state index contributed by atoms with van der Waals surface area (Å²) in [5, 5.41) is 32.0. The van der Waals surface area contributed by atoms with E-state index in [9.17, 15) is 19.0 Å². The minimum Gasteiger partial charge on any atom is -0.393 e. The highest BCUT2D eigenvalue weighted by Gasteiger charge is 2.65. The van der Waals surface area contributed by atoms with Gasteiger partial charge in [0.25, 0.3) is 5.95 Å². The van der Waals surface area contributed by atoms with Crippen LogP contribution in [-0.4, -0.2) is 51.7 Å². The number of benzene rings is 1. The molecule has 2 bridgehead atoms. The van der Waals surface area contributed by atoms with Crippen LogP contribution in [0.4, 0.5) is 8.78 Å². The summed E-state index contributed by atoms with van der Waals surface area (Å²) in [5.41, 5.74) is 1.51. The number of aliphatic hydroxyl groups excluding tert-OH is 2. The van der Waals surface area contributed by atoms with Crippen LogP contribution < -0.4 is 0 Å². The second-order valence-corrected chi connectivity index (χ2v) is 9.84. The fraction of sp³-hybridized carbons (Fsp3) is 0.360. The molecule has 0 spiro atoms. The van der Waals surface area contributed by atoms with E-state index in [2.05, 4.69) is 39.1 Å². The van der Waals surface area contributed by atoms with Gasteiger partial charge >= 0.3 is 0 Å². The lowest BCUT2D eigenvalue weighted by Crippen LogP contribution is -2.38. The molecule has 0 unspecified atom stereocenters. The Morgan fingerprint density at radius 1 is 1.14 bits per heavy atom. The Kier molecular flexibility index (Phi) is 4.99. The van der Waals surface area contributed by atoms with E-state index in [1.54, 1.807) is 12.3 Å². The fourth-order valence-corrected chi connectivity index (χ4v) is 6.06. The molecule has 1 fully saturated rings. The van der Waals surface area contributed by atoms with E-state index in [0.717, 1.165) is 29.8 Å². The number of aromatic nitrogens is 7. The molecule has 2 aliphatic rings. The first-order chi connectivity index (χ1) is 17.3. The Balaban J connectivity index is 1.47. The summed E-state index contributed by atoms with van der Waals surface area (Å²) in [6.07, 6.45) is 3.45. The Bertz CT molecular complexity index is 1470. The molecular weight excluding hydrogens is 468 g/mol. The second kappa shape index (κ2) is 7.90. The Morgan fingerprint density at radius 2 is 1.92 bits per heavy atom. The van der Waals surface area contributed by atoms with Crippen molar-refractivity contribution in [2.75, 3.05) is 6.61 Å². The molecular formula is C25H23F2N7O2. The van der Waals surface area contributed by atoms with Crippen LogP contribution in [0.1, 0.15) is 61.5 Å². The first-order valence-electron chi connectivity index (χ1n) is 11.6.